The number of halogens is 1. The third-order valence-electron chi connectivity index (χ3n) is 4.04. The van der Waals surface area contributed by atoms with Crippen LogP contribution in [0.5, 0.6) is 5.75 Å². The first-order valence-electron chi connectivity index (χ1n) is 8.34. The number of carbonyl (C=O) groups is 2. The van der Waals surface area contributed by atoms with E-state index in [9.17, 15) is 22.4 Å². The Morgan fingerprint density at radius 3 is 2.59 bits per heavy atom. The van der Waals surface area contributed by atoms with Gasteiger partial charge in [0.1, 0.15) is 11.6 Å². The van der Waals surface area contributed by atoms with Crippen LogP contribution < -0.4 is 4.74 Å². The maximum Gasteiger partial charge on any atom is 0.343 e. The molecule has 0 aliphatic heterocycles. The van der Waals surface area contributed by atoms with Crippen LogP contribution in [0, 0.1) is 5.82 Å². The van der Waals surface area contributed by atoms with Gasteiger partial charge in [0, 0.05) is 23.4 Å². The van der Waals surface area contributed by atoms with E-state index in [1.165, 1.54) is 55.6 Å². The second kappa shape index (κ2) is 8.27. The van der Waals surface area contributed by atoms with Gasteiger partial charge in [0.15, 0.2) is 12.9 Å². The average Bonchev–Trinajstić information content (AvgIpc) is 3.17. The zero-order valence-corrected chi connectivity index (χ0v) is 16.1. The fraction of sp³-hybridized carbons (Fsp3) is 0.100. The number of aldehydes is 1. The van der Waals surface area contributed by atoms with Crippen molar-refractivity contribution in [3.05, 3.63) is 72.2 Å². The average molecular weight is 417 g/mol. The van der Waals surface area contributed by atoms with Gasteiger partial charge in [-0.2, -0.15) is 0 Å². The van der Waals surface area contributed by atoms with Gasteiger partial charge >= 0.3 is 5.97 Å². The van der Waals surface area contributed by atoms with Crippen LogP contribution in [0.4, 0.5) is 4.39 Å². The van der Waals surface area contributed by atoms with E-state index in [1.807, 2.05) is 0 Å². The topological polar surface area (TPSA) is 91.7 Å². The second-order valence-corrected chi connectivity index (χ2v) is 7.71. The van der Waals surface area contributed by atoms with Gasteiger partial charge in [-0.05, 0) is 30.3 Å². The summed E-state index contributed by atoms with van der Waals surface area (Å²) in [5, 5.41) is 0. The van der Waals surface area contributed by atoms with Crippen LogP contribution in [-0.4, -0.2) is 38.4 Å². The van der Waals surface area contributed by atoms with Gasteiger partial charge in [-0.1, -0.05) is 18.2 Å². The minimum absolute atomic E-state index is 0.00563. The monoisotopic (exact) mass is 417 g/mol. The lowest BCUT2D eigenvalue weighted by molar-refractivity contribution is -0.142. The molecule has 3 rings (SSSR count). The van der Waals surface area contributed by atoms with Gasteiger partial charge in [0.2, 0.25) is 0 Å². The Morgan fingerprint density at radius 2 is 1.90 bits per heavy atom. The lowest BCUT2D eigenvalue weighted by atomic mass is 10.1. The number of hydrogen-bond acceptors (Lipinski definition) is 6. The predicted molar refractivity (Wildman–Crippen MR) is 102 cm³/mol. The summed E-state index contributed by atoms with van der Waals surface area (Å²) < 4.78 is 51.2. The van der Waals surface area contributed by atoms with E-state index in [0.717, 1.165) is 10.2 Å². The van der Waals surface area contributed by atoms with Crippen LogP contribution in [0.15, 0.2) is 65.7 Å². The molecular weight excluding hydrogens is 401 g/mol. The van der Waals surface area contributed by atoms with Crippen molar-refractivity contribution in [1.29, 1.82) is 0 Å². The first kappa shape index (κ1) is 20.3. The highest BCUT2D eigenvalue weighted by atomic mass is 32.2. The van der Waals surface area contributed by atoms with Crippen LogP contribution in [0.25, 0.3) is 11.3 Å². The number of benzene rings is 2. The molecule has 0 spiro atoms. The van der Waals surface area contributed by atoms with Crippen LogP contribution in [-0.2, 0) is 19.6 Å². The Morgan fingerprint density at radius 1 is 1.14 bits per heavy atom. The molecule has 0 aliphatic rings. The van der Waals surface area contributed by atoms with E-state index >= 15 is 0 Å². The summed E-state index contributed by atoms with van der Waals surface area (Å²) in [4.78, 5) is 22.3. The van der Waals surface area contributed by atoms with Gasteiger partial charge in [-0.3, -0.25) is 4.79 Å². The zero-order valence-electron chi connectivity index (χ0n) is 15.2. The molecule has 0 fully saturated rings. The highest BCUT2D eigenvalue weighted by molar-refractivity contribution is 7.90. The van der Waals surface area contributed by atoms with Crippen molar-refractivity contribution >= 4 is 22.3 Å². The Labute approximate surface area is 166 Å². The number of hydrogen-bond donors (Lipinski definition) is 0. The molecule has 0 bridgehead atoms. The van der Waals surface area contributed by atoms with Crippen LogP contribution in [0.1, 0.15) is 10.4 Å². The molecule has 3 aromatic rings. The van der Waals surface area contributed by atoms with Gasteiger partial charge in [-0.25, -0.2) is 21.6 Å². The summed E-state index contributed by atoms with van der Waals surface area (Å²) >= 11 is 0. The molecule has 0 radical (unpaired) electrons. The minimum atomic E-state index is -4.20. The van der Waals surface area contributed by atoms with E-state index in [0.29, 0.717) is 6.29 Å². The van der Waals surface area contributed by atoms with E-state index in [1.54, 1.807) is 6.07 Å². The summed E-state index contributed by atoms with van der Waals surface area (Å²) in [5.74, 6) is -1.12. The number of carbonyl (C=O) groups excluding carboxylic acids is 2. The number of methoxy groups -OCH3 is 1. The molecular formula is C20H16FNO6S. The molecule has 0 atom stereocenters. The number of nitrogens with zero attached hydrogens (tertiary/aromatic N) is 1. The van der Waals surface area contributed by atoms with Crippen LogP contribution in [0.3, 0.4) is 0 Å². The highest BCUT2D eigenvalue weighted by Crippen LogP contribution is 2.29. The zero-order chi connectivity index (χ0) is 21.0. The summed E-state index contributed by atoms with van der Waals surface area (Å²) in [7, 11) is -2.99. The van der Waals surface area contributed by atoms with E-state index in [-0.39, 0.29) is 34.1 Å². The van der Waals surface area contributed by atoms with Crippen molar-refractivity contribution in [1.82, 2.24) is 3.97 Å². The molecule has 0 unspecified atom stereocenters. The van der Waals surface area contributed by atoms with E-state index in [4.69, 9.17) is 4.74 Å². The van der Waals surface area contributed by atoms with Gasteiger partial charge in [0.05, 0.1) is 17.7 Å². The minimum Gasteiger partial charge on any atom is -0.482 e. The SMILES string of the molecule is COC(=O)COc1cccc(S(=O)(=O)n2cc(C=O)cc2-c2ccccc2F)c1. The highest BCUT2D eigenvalue weighted by Gasteiger charge is 2.23. The van der Waals surface area contributed by atoms with Crippen molar-refractivity contribution in [2.24, 2.45) is 0 Å². The maximum atomic E-state index is 14.3. The molecule has 29 heavy (non-hydrogen) atoms. The fourth-order valence-corrected chi connectivity index (χ4v) is 4.04. The molecule has 0 saturated carbocycles. The lowest BCUT2D eigenvalue weighted by Crippen LogP contribution is -2.15. The third-order valence-corrected chi connectivity index (χ3v) is 5.71. The van der Waals surface area contributed by atoms with Crippen molar-refractivity contribution in [2.75, 3.05) is 13.7 Å². The third kappa shape index (κ3) is 4.19. The largest absolute Gasteiger partial charge is 0.482 e. The molecule has 7 nitrogen and oxygen atoms in total. The van der Waals surface area contributed by atoms with Crippen molar-refractivity contribution < 1.29 is 31.9 Å². The first-order chi connectivity index (χ1) is 13.9. The van der Waals surface area contributed by atoms with Crippen molar-refractivity contribution in [3.8, 4) is 17.0 Å². The summed E-state index contributed by atoms with van der Waals surface area (Å²) in [6.07, 6.45) is 1.60. The smallest absolute Gasteiger partial charge is 0.343 e. The van der Waals surface area contributed by atoms with Crippen LogP contribution >= 0.6 is 0 Å². The predicted octanol–water partition coefficient (Wildman–Crippen LogP) is 2.90. The second-order valence-electron chi connectivity index (χ2n) is 5.90. The first-order valence-corrected chi connectivity index (χ1v) is 9.78. The lowest BCUT2D eigenvalue weighted by Gasteiger charge is -2.12. The summed E-state index contributed by atoms with van der Waals surface area (Å²) in [6.45, 7) is -0.390. The molecule has 1 aromatic heterocycles. The van der Waals surface area contributed by atoms with Crippen molar-refractivity contribution in [3.63, 3.8) is 0 Å². The fourth-order valence-electron chi connectivity index (χ4n) is 2.63. The van der Waals surface area contributed by atoms with Gasteiger partial charge in [0.25, 0.3) is 10.0 Å². The Kier molecular flexibility index (Phi) is 5.79. The standard InChI is InChI=1S/C20H16FNO6S/c1-27-20(24)13-28-15-5-4-6-16(10-15)29(25,26)22-11-14(12-23)9-19(22)17-7-2-3-8-18(17)21/h2-12H,13H2,1H3. The van der Waals surface area contributed by atoms with E-state index < -0.39 is 21.8 Å². The number of rotatable bonds is 7. The molecule has 9 heteroatoms. The normalized spacial score (nSPS) is 11.1. The number of esters is 1. The van der Waals surface area contributed by atoms with E-state index in [2.05, 4.69) is 4.74 Å². The maximum absolute atomic E-state index is 14.3. The Bertz CT molecular complexity index is 1170. The molecule has 1 heterocycles. The number of aromatic nitrogens is 1. The molecule has 2 aromatic carbocycles. The van der Waals surface area contributed by atoms with Crippen LogP contribution in [0.2, 0.25) is 0 Å². The Balaban J connectivity index is 2.07. The molecule has 0 aliphatic carbocycles. The summed E-state index contributed by atoms with van der Waals surface area (Å²) in [5.41, 5.74) is 0.110. The summed E-state index contributed by atoms with van der Waals surface area (Å²) in [6, 6.07) is 12.4. The Hall–Kier alpha value is -3.46. The molecule has 0 N–H and O–H groups in total. The molecule has 0 amide bonds. The van der Waals surface area contributed by atoms with Gasteiger partial charge < -0.3 is 9.47 Å². The van der Waals surface area contributed by atoms with Crippen molar-refractivity contribution in [2.45, 2.75) is 4.90 Å². The molecule has 150 valence electrons. The molecule has 0 saturated heterocycles. The quantitative estimate of drug-likeness (QED) is 0.434. The number of ether oxygens (including phenoxy) is 2. The van der Waals surface area contributed by atoms with Gasteiger partial charge in [-0.15, -0.1) is 0 Å².